The molecule has 10 heteroatoms. The van der Waals surface area contributed by atoms with Crippen molar-refractivity contribution in [1.82, 2.24) is 5.32 Å². The van der Waals surface area contributed by atoms with Gasteiger partial charge in [-0.1, -0.05) is 6.07 Å². The summed E-state index contributed by atoms with van der Waals surface area (Å²) in [7, 11) is 0. The van der Waals surface area contributed by atoms with Crippen molar-refractivity contribution >= 4 is 39.9 Å². The number of nitro groups is 1. The van der Waals surface area contributed by atoms with Gasteiger partial charge in [-0.25, -0.2) is 4.79 Å². The molecular weight excluding hydrogens is 360 g/mol. The second-order valence-corrected chi connectivity index (χ2v) is 6.75. The lowest BCUT2D eigenvalue weighted by Gasteiger charge is -2.08. The summed E-state index contributed by atoms with van der Waals surface area (Å²) in [6.45, 7) is 0. The molecule has 0 saturated heterocycles. The van der Waals surface area contributed by atoms with Gasteiger partial charge in [-0.3, -0.25) is 25.0 Å². The van der Waals surface area contributed by atoms with E-state index in [0.717, 1.165) is 29.3 Å². The lowest BCUT2D eigenvalue weighted by atomic mass is 10.1. The number of amides is 4. The number of primary amides is 1. The fourth-order valence-electron chi connectivity index (χ4n) is 2.84. The SMILES string of the molecule is NC(=O)NC(=O)c1c(NC(=O)c2cccc([N+](=O)[O-])c2)sc2c1CCC2. The molecule has 3 rings (SSSR count). The van der Waals surface area contributed by atoms with Crippen molar-refractivity contribution in [2.75, 3.05) is 5.32 Å². The molecule has 0 saturated carbocycles. The van der Waals surface area contributed by atoms with Crippen molar-refractivity contribution in [3.05, 3.63) is 55.9 Å². The van der Waals surface area contributed by atoms with Gasteiger partial charge in [-0.15, -0.1) is 11.3 Å². The smallest absolute Gasteiger partial charge is 0.319 e. The highest BCUT2D eigenvalue weighted by atomic mass is 32.1. The summed E-state index contributed by atoms with van der Waals surface area (Å²) in [6, 6.07) is 4.29. The molecule has 0 aliphatic heterocycles. The van der Waals surface area contributed by atoms with Gasteiger partial charge in [0.05, 0.1) is 10.5 Å². The molecule has 0 unspecified atom stereocenters. The van der Waals surface area contributed by atoms with Crippen LogP contribution in [0.15, 0.2) is 24.3 Å². The second-order valence-electron chi connectivity index (χ2n) is 5.64. The monoisotopic (exact) mass is 374 g/mol. The van der Waals surface area contributed by atoms with Gasteiger partial charge in [0.1, 0.15) is 5.00 Å². The zero-order valence-corrected chi connectivity index (χ0v) is 14.2. The molecule has 0 bridgehead atoms. The number of thiophene rings is 1. The van der Waals surface area contributed by atoms with Gasteiger partial charge < -0.3 is 11.1 Å². The third-order valence-electron chi connectivity index (χ3n) is 3.93. The molecule has 134 valence electrons. The Morgan fingerprint density at radius 2 is 1.96 bits per heavy atom. The first-order valence-electron chi connectivity index (χ1n) is 7.68. The van der Waals surface area contributed by atoms with Crippen LogP contribution in [0.5, 0.6) is 0 Å². The predicted octanol–water partition coefficient (Wildman–Crippen LogP) is 2.21. The molecule has 0 atom stereocenters. The first-order valence-corrected chi connectivity index (χ1v) is 8.49. The van der Waals surface area contributed by atoms with E-state index in [1.165, 1.54) is 29.5 Å². The Morgan fingerprint density at radius 3 is 2.65 bits per heavy atom. The van der Waals surface area contributed by atoms with E-state index in [1.54, 1.807) is 0 Å². The summed E-state index contributed by atoms with van der Waals surface area (Å²) >= 11 is 1.26. The van der Waals surface area contributed by atoms with Crippen LogP contribution >= 0.6 is 11.3 Å². The van der Waals surface area contributed by atoms with Crippen LogP contribution in [0.2, 0.25) is 0 Å². The number of rotatable bonds is 4. The Bertz CT molecular complexity index is 937. The number of non-ortho nitro benzene ring substituents is 1. The molecular formula is C16H14N4O5S. The van der Waals surface area contributed by atoms with E-state index in [4.69, 9.17) is 5.73 Å². The number of aryl methyl sites for hydroxylation is 1. The summed E-state index contributed by atoms with van der Waals surface area (Å²) < 4.78 is 0. The summed E-state index contributed by atoms with van der Waals surface area (Å²) in [6.07, 6.45) is 2.33. The van der Waals surface area contributed by atoms with Gasteiger partial charge in [-0.2, -0.15) is 0 Å². The third-order valence-corrected chi connectivity index (χ3v) is 5.14. The molecule has 1 aromatic heterocycles. The third kappa shape index (κ3) is 3.40. The van der Waals surface area contributed by atoms with Crippen molar-refractivity contribution < 1.29 is 19.3 Å². The molecule has 9 nitrogen and oxygen atoms in total. The number of hydrogen-bond donors (Lipinski definition) is 3. The van der Waals surface area contributed by atoms with Crippen LogP contribution in [0.4, 0.5) is 15.5 Å². The summed E-state index contributed by atoms with van der Waals surface area (Å²) in [5, 5.41) is 15.8. The predicted molar refractivity (Wildman–Crippen MR) is 94.4 cm³/mol. The Labute approximate surface area is 151 Å². The van der Waals surface area contributed by atoms with E-state index in [1.807, 2.05) is 5.32 Å². The van der Waals surface area contributed by atoms with Gasteiger partial charge >= 0.3 is 6.03 Å². The van der Waals surface area contributed by atoms with E-state index in [0.29, 0.717) is 11.4 Å². The van der Waals surface area contributed by atoms with Gasteiger partial charge in [-0.05, 0) is 30.9 Å². The van der Waals surface area contributed by atoms with Crippen LogP contribution in [0.25, 0.3) is 0 Å². The molecule has 0 radical (unpaired) electrons. The number of nitrogens with one attached hydrogen (secondary N) is 2. The molecule has 1 heterocycles. The molecule has 26 heavy (non-hydrogen) atoms. The minimum atomic E-state index is -0.982. The second kappa shape index (κ2) is 6.92. The fourth-order valence-corrected chi connectivity index (χ4v) is 4.12. The molecule has 4 N–H and O–H groups in total. The molecule has 1 aliphatic carbocycles. The molecule has 1 aromatic carbocycles. The maximum atomic E-state index is 12.5. The van der Waals surface area contributed by atoms with Gasteiger partial charge in [0, 0.05) is 22.6 Å². The maximum Gasteiger partial charge on any atom is 0.319 e. The van der Waals surface area contributed by atoms with Crippen molar-refractivity contribution in [2.45, 2.75) is 19.3 Å². The number of fused-ring (bicyclic) bond motifs is 1. The minimum Gasteiger partial charge on any atom is -0.351 e. The standard InChI is InChI=1S/C16H14N4O5S/c17-16(23)19-14(22)12-10-5-2-6-11(10)26-15(12)18-13(21)8-3-1-4-9(7-8)20(24)25/h1,3-4,7H,2,5-6H2,(H,18,21)(H3,17,19,22,23). The van der Waals surface area contributed by atoms with Crippen LogP contribution < -0.4 is 16.4 Å². The number of hydrogen-bond acceptors (Lipinski definition) is 6. The zero-order valence-electron chi connectivity index (χ0n) is 13.4. The topological polar surface area (TPSA) is 144 Å². The lowest BCUT2D eigenvalue weighted by Crippen LogP contribution is -2.35. The zero-order chi connectivity index (χ0) is 18.8. The largest absolute Gasteiger partial charge is 0.351 e. The molecule has 4 amide bonds. The minimum absolute atomic E-state index is 0.0917. The summed E-state index contributed by atoms with van der Waals surface area (Å²) in [5.74, 6) is -1.26. The molecule has 0 spiro atoms. The van der Waals surface area contributed by atoms with Crippen molar-refractivity contribution in [3.8, 4) is 0 Å². The van der Waals surface area contributed by atoms with E-state index >= 15 is 0 Å². The van der Waals surface area contributed by atoms with E-state index in [2.05, 4.69) is 5.32 Å². The average Bonchev–Trinajstić information content (AvgIpc) is 3.14. The van der Waals surface area contributed by atoms with Crippen LogP contribution in [0, 0.1) is 10.1 Å². The number of imide groups is 1. The highest BCUT2D eigenvalue weighted by molar-refractivity contribution is 7.17. The van der Waals surface area contributed by atoms with Crippen LogP contribution in [0.1, 0.15) is 37.6 Å². The van der Waals surface area contributed by atoms with Crippen molar-refractivity contribution in [3.63, 3.8) is 0 Å². The first-order chi connectivity index (χ1) is 12.4. The van der Waals surface area contributed by atoms with E-state index < -0.39 is 22.8 Å². The Hall–Kier alpha value is -3.27. The van der Waals surface area contributed by atoms with Crippen LogP contribution in [0.3, 0.4) is 0 Å². The normalized spacial score (nSPS) is 12.3. The number of nitrogens with two attached hydrogens (primary N) is 1. The van der Waals surface area contributed by atoms with Crippen molar-refractivity contribution in [2.24, 2.45) is 5.73 Å². The number of nitrogens with zero attached hydrogens (tertiary/aromatic N) is 1. The number of benzene rings is 1. The quantitative estimate of drug-likeness (QED) is 0.555. The number of urea groups is 1. The Morgan fingerprint density at radius 1 is 1.19 bits per heavy atom. The van der Waals surface area contributed by atoms with Gasteiger partial charge in [0.2, 0.25) is 0 Å². The average molecular weight is 374 g/mol. The van der Waals surface area contributed by atoms with Gasteiger partial charge in [0.15, 0.2) is 0 Å². The van der Waals surface area contributed by atoms with Crippen LogP contribution in [-0.2, 0) is 12.8 Å². The number of anilines is 1. The van der Waals surface area contributed by atoms with Crippen molar-refractivity contribution in [1.29, 1.82) is 0 Å². The van der Waals surface area contributed by atoms with Gasteiger partial charge in [0.25, 0.3) is 17.5 Å². The lowest BCUT2D eigenvalue weighted by molar-refractivity contribution is -0.384. The first kappa shape index (κ1) is 17.5. The summed E-state index contributed by atoms with van der Waals surface area (Å²) in [5.41, 5.74) is 5.91. The number of nitro benzene ring substituents is 1. The molecule has 0 fully saturated rings. The van der Waals surface area contributed by atoms with E-state index in [9.17, 15) is 24.5 Å². The highest BCUT2D eigenvalue weighted by Gasteiger charge is 2.28. The fraction of sp³-hybridized carbons (Fsp3) is 0.188. The maximum absolute atomic E-state index is 12.5. The Kier molecular flexibility index (Phi) is 4.67. The van der Waals surface area contributed by atoms with E-state index in [-0.39, 0.29) is 16.8 Å². The highest BCUT2D eigenvalue weighted by Crippen LogP contribution is 2.39. The summed E-state index contributed by atoms with van der Waals surface area (Å²) in [4.78, 5) is 47.0. The number of carbonyl (C=O) groups excluding carboxylic acids is 3. The molecule has 2 aromatic rings. The Balaban J connectivity index is 1.91. The molecule has 1 aliphatic rings. The number of carbonyl (C=O) groups is 3. The van der Waals surface area contributed by atoms with Crippen LogP contribution in [-0.4, -0.2) is 22.8 Å².